The van der Waals surface area contributed by atoms with Crippen LogP contribution in [0.2, 0.25) is 0 Å². The average Bonchev–Trinajstić information content (AvgIpc) is 3.38. The first-order chi connectivity index (χ1) is 18.5. The minimum Gasteiger partial charge on any atom is -1.00 e. The molecule has 0 bridgehead atoms. The number of carbonyl (C=O) groups is 2. The van der Waals surface area contributed by atoms with Crippen LogP contribution in [0.5, 0.6) is 0 Å². The Bertz CT molecular complexity index is 794. The molecule has 0 spiro atoms. The predicted octanol–water partition coefficient (Wildman–Crippen LogP) is 3.61. The molecule has 39 heavy (non-hydrogen) atoms. The van der Waals surface area contributed by atoms with Gasteiger partial charge in [0.05, 0.1) is 19.3 Å². The maximum Gasteiger partial charge on any atom is 0.417 e. The standard InChI is InChI=1S/C31H53N2O5.ClH/c1-4-6-7-8-9-10-11-12-13-14-15-18-21-36-24-28-22-30(37-25-28)26-38-31(35)33(27(3)34)23-29-19-16-17-20-32(29)5-2;/h16-17,19-20,28,30H,4-15,18,21-26H2,1-3H3;1H/q+1;/p-1/t28-,30-;/m0./s1. The summed E-state index contributed by atoms with van der Waals surface area (Å²) in [5.41, 5.74) is 0.879. The lowest BCUT2D eigenvalue weighted by atomic mass is 10.1. The van der Waals surface area contributed by atoms with Gasteiger partial charge in [-0.15, -0.1) is 0 Å². The highest BCUT2D eigenvalue weighted by molar-refractivity contribution is 5.90. The summed E-state index contributed by atoms with van der Waals surface area (Å²) >= 11 is 0. The Morgan fingerprint density at radius 2 is 1.59 bits per heavy atom. The summed E-state index contributed by atoms with van der Waals surface area (Å²) in [6.45, 7) is 8.89. The van der Waals surface area contributed by atoms with Crippen molar-refractivity contribution in [1.29, 1.82) is 0 Å². The maximum absolute atomic E-state index is 12.6. The highest BCUT2D eigenvalue weighted by Crippen LogP contribution is 2.21. The zero-order valence-corrected chi connectivity index (χ0v) is 25.5. The number of aryl methyl sites for hydroxylation is 1. The molecule has 2 rings (SSSR count). The smallest absolute Gasteiger partial charge is 0.417 e. The number of amides is 2. The molecule has 0 aliphatic carbocycles. The lowest BCUT2D eigenvalue weighted by Crippen LogP contribution is -3.00. The van der Waals surface area contributed by atoms with Crippen molar-refractivity contribution in [2.24, 2.45) is 5.92 Å². The van der Waals surface area contributed by atoms with Crippen LogP contribution in [0, 0.1) is 5.92 Å². The minimum atomic E-state index is -0.626. The number of ether oxygens (including phenoxy) is 3. The van der Waals surface area contributed by atoms with Gasteiger partial charge in [0.15, 0.2) is 6.20 Å². The van der Waals surface area contributed by atoms with Gasteiger partial charge in [-0.1, -0.05) is 83.6 Å². The lowest BCUT2D eigenvalue weighted by molar-refractivity contribution is -0.701. The van der Waals surface area contributed by atoms with E-state index in [9.17, 15) is 9.59 Å². The van der Waals surface area contributed by atoms with Gasteiger partial charge in [-0.2, -0.15) is 0 Å². The molecule has 1 saturated heterocycles. The highest BCUT2D eigenvalue weighted by Gasteiger charge is 2.29. The summed E-state index contributed by atoms with van der Waals surface area (Å²) in [7, 11) is 0. The van der Waals surface area contributed by atoms with Crippen molar-refractivity contribution in [1.82, 2.24) is 4.90 Å². The summed E-state index contributed by atoms with van der Waals surface area (Å²) in [6, 6.07) is 5.74. The van der Waals surface area contributed by atoms with Crippen molar-refractivity contribution < 1.29 is 40.8 Å². The molecule has 2 heterocycles. The Morgan fingerprint density at radius 3 is 2.21 bits per heavy atom. The van der Waals surface area contributed by atoms with Crippen LogP contribution < -0.4 is 17.0 Å². The quantitative estimate of drug-likeness (QED) is 0.178. The molecule has 1 aliphatic heterocycles. The van der Waals surface area contributed by atoms with E-state index in [1.54, 1.807) is 0 Å². The third-order valence-electron chi connectivity index (χ3n) is 7.35. The fraction of sp³-hybridized carbons (Fsp3) is 0.774. The highest BCUT2D eigenvalue weighted by atomic mass is 35.5. The van der Waals surface area contributed by atoms with Gasteiger partial charge in [-0.25, -0.2) is 14.3 Å². The lowest BCUT2D eigenvalue weighted by Gasteiger charge is -2.19. The van der Waals surface area contributed by atoms with E-state index >= 15 is 0 Å². The monoisotopic (exact) mass is 568 g/mol. The molecule has 8 heteroatoms. The van der Waals surface area contributed by atoms with E-state index in [1.807, 2.05) is 35.9 Å². The first-order valence-corrected chi connectivity index (χ1v) is 15.2. The molecular formula is C31H53ClN2O5. The number of nitrogens with zero attached hydrogens (tertiary/aromatic N) is 2. The minimum absolute atomic E-state index is 0. The molecule has 0 unspecified atom stereocenters. The Morgan fingerprint density at radius 1 is 0.949 bits per heavy atom. The third kappa shape index (κ3) is 15.0. The van der Waals surface area contributed by atoms with E-state index in [2.05, 4.69) is 6.92 Å². The van der Waals surface area contributed by atoms with Gasteiger partial charge in [-0.05, 0) is 19.8 Å². The van der Waals surface area contributed by atoms with Crippen LogP contribution >= 0.6 is 0 Å². The molecule has 0 saturated carbocycles. The van der Waals surface area contributed by atoms with Crippen molar-refractivity contribution in [2.45, 2.75) is 123 Å². The summed E-state index contributed by atoms with van der Waals surface area (Å²) in [4.78, 5) is 25.9. The van der Waals surface area contributed by atoms with Crippen LogP contribution in [-0.2, 0) is 32.1 Å². The second-order valence-electron chi connectivity index (χ2n) is 10.7. The summed E-state index contributed by atoms with van der Waals surface area (Å²) in [6.07, 6.45) is 18.1. The van der Waals surface area contributed by atoms with E-state index < -0.39 is 6.09 Å². The van der Waals surface area contributed by atoms with Crippen molar-refractivity contribution in [3.63, 3.8) is 0 Å². The van der Waals surface area contributed by atoms with E-state index in [0.29, 0.717) is 19.1 Å². The number of aromatic nitrogens is 1. The first kappa shape index (κ1) is 35.3. The Labute approximate surface area is 243 Å². The number of pyridine rings is 1. The average molecular weight is 569 g/mol. The van der Waals surface area contributed by atoms with Crippen molar-refractivity contribution in [2.75, 3.05) is 26.4 Å². The molecule has 0 aromatic carbocycles. The van der Waals surface area contributed by atoms with Gasteiger partial charge in [0, 0.05) is 31.6 Å². The van der Waals surface area contributed by atoms with Crippen LogP contribution in [0.1, 0.15) is 110 Å². The molecule has 2 atom stereocenters. The van der Waals surface area contributed by atoms with E-state index in [1.165, 1.54) is 77.6 Å². The normalized spacial score (nSPS) is 16.6. The van der Waals surface area contributed by atoms with Gasteiger partial charge in [0.2, 0.25) is 11.6 Å². The molecule has 1 aliphatic rings. The van der Waals surface area contributed by atoms with E-state index in [-0.39, 0.29) is 37.6 Å². The largest absolute Gasteiger partial charge is 1.00 e. The Hall–Kier alpha value is -1.70. The molecule has 0 radical (unpaired) electrons. The number of carbonyl (C=O) groups excluding carboxylic acids is 2. The second kappa shape index (κ2) is 22.0. The van der Waals surface area contributed by atoms with Crippen LogP contribution in [0.15, 0.2) is 24.4 Å². The molecule has 7 nitrogen and oxygen atoms in total. The van der Waals surface area contributed by atoms with Crippen molar-refractivity contribution >= 4 is 12.0 Å². The van der Waals surface area contributed by atoms with Crippen molar-refractivity contribution in [3.8, 4) is 0 Å². The second-order valence-corrected chi connectivity index (χ2v) is 10.7. The number of rotatable bonds is 20. The Kier molecular flexibility index (Phi) is 20.0. The SMILES string of the molecule is CCCCCCCCCCCCCCOC[C@H]1CO[C@H](COC(=O)N(Cc2cccc[n+]2CC)C(C)=O)C1.[Cl-]. The fourth-order valence-corrected chi connectivity index (χ4v) is 4.98. The molecule has 2 amide bonds. The van der Waals surface area contributed by atoms with Crippen LogP contribution in [0.4, 0.5) is 4.79 Å². The summed E-state index contributed by atoms with van der Waals surface area (Å²) in [5.74, 6) is -0.00861. The van der Waals surface area contributed by atoms with Gasteiger partial charge in [-0.3, -0.25) is 4.79 Å². The van der Waals surface area contributed by atoms with Gasteiger partial charge in [0.1, 0.15) is 19.7 Å². The number of unbranched alkanes of at least 4 members (excludes halogenated alkanes) is 11. The molecule has 1 aromatic rings. The molecule has 1 fully saturated rings. The van der Waals surface area contributed by atoms with Gasteiger partial charge in [0.25, 0.3) is 0 Å². The number of halogens is 1. The molecule has 0 N–H and O–H groups in total. The maximum atomic E-state index is 12.6. The summed E-state index contributed by atoms with van der Waals surface area (Å²) < 4.78 is 19.2. The third-order valence-corrected chi connectivity index (χ3v) is 7.35. The number of hydrogen-bond acceptors (Lipinski definition) is 5. The molecular weight excluding hydrogens is 516 g/mol. The molecule has 224 valence electrons. The van der Waals surface area contributed by atoms with Crippen LogP contribution in [-0.4, -0.2) is 49.4 Å². The fourth-order valence-electron chi connectivity index (χ4n) is 4.98. The molecule has 1 aromatic heterocycles. The zero-order chi connectivity index (χ0) is 27.4. The zero-order valence-electron chi connectivity index (χ0n) is 24.7. The predicted molar refractivity (Wildman–Crippen MR) is 150 cm³/mol. The van der Waals surface area contributed by atoms with Gasteiger partial charge >= 0.3 is 6.09 Å². The number of hydrogen-bond donors (Lipinski definition) is 0. The summed E-state index contributed by atoms with van der Waals surface area (Å²) in [5, 5.41) is 0. The van der Waals surface area contributed by atoms with Gasteiger partial charge < -0.3 is 26.6 Å². The first-order valence-electron chi connectivity index (χ1n) is 15.2. The Balaban J connectivity index is 0.00000760. The van der Waals surface area contributed by atoms with E-state index in [0.717, 1.165) is 36.6 Å². The number of imide groups is 1. The van der Waals surface area contributed by atoms with Crippen molar-refractivity contribution in [3.05, 3.63) is 30.1 Å². The van der Waals surface area contributed by atoms with Crippen LogP contribution in [0.25, 0.3) is 0 Å². The topological polar surface area (TPSA) is 69.0 Å². The van der Waals surface area contributed by atoms with E-state index in [4.69, 9.17) is 14.2 Å². The van der Waals surface area contributed by atoms with Crippen LogP contribution in [0.3, 0.4) is 0 Å².